The summed E-state index contributed by atoms with van der Waals surface area (Å²) in [5.74, 6) is -0.191. The van der Waals surface area contributed by atoms with E-state index in [1.807, 2.05) is 6.07 Å². The molecular weight excluding hydrogens is 325 g/mol. The molecule has 0 spiro atoms. The van der Waals surface area contributed by atoms with Crippen LogP contribution in [0, 0.1) is 5.82 Å². The van der Waals surface area contributed by atoms with Gasteiger partial charge < -0.3 is 5.32 Å². The second kappa shape index (κ2) is 7.17. The lowest BCUT2D eigenvalue weighted by Gasteiger charge is -2.18. The standard InChI is InChI=1S/C15H17BrFNS/c1-2-18-12(10-13-6-4-8-19-13)9-11-5-3-7-14(17)15(11)16/h3-8,12,18H,2,9-10H2,1H3. The van der Waals surface area contributed by atoms with Crippen molar-refractivity contribution in [2.75, 3.05) is 6.54 Å². The maximum atomic E-state index is 13.5. The predicted octanol–water partition coefficient (Wildman–Crippen LogP) is 4.41. The zero-order valence-corrected chi connectivity index (χ0v) is 13.2. The molecule has 1 heterocycles. The van der Waals surface area contributed by atoms with E-state index in [1.165, 1.54) is 10.9 Å². The van der Waals surface area contributed by atoms with E-state index in [4.69, 9.17) is 0 Å². The Kier molecular flexibility index (Phi) is 5.55. The van der Waals surface area contributed by atoms with E-state index in [0.29, 0.717) is 10.5 Å². The van der Waals surface area contributed by atoms with Crippen molar-refractivity contribution < 1.29 is 4.39 Å². The maximum absolute atomic E-state index is 13.5. The minimum absolute atomic E-state index is 0.191. The molecule has 0 fully saturated rings. The Labute approximate surface area is 126 Å². The molecule has 1 nitrogen and oxygen atoms in total. The van der Waals surface area contributed by atoms with Crippen LogP contribution in [-0.2, 0) is 12.8 Å². The van der Waals surface area contributed by atoms with Crippen LogP contribution in [0.15, 0.2) is 40.2 Å². The molecule has 19 heavy (non-hydrogen) atoms. The predicted molar refractivity (Wildman–Crippen MR) is 83.3 cm³/mol. The number of nitrogens with one attached hydrogen (secondary N) is 1. The molecule has 0 saturated carbocycles. The lowest BCUT2D eigenvalue weighted by molar-refractivity contribution is 0.521. The molecule has 0 bridgehead atoms. The molecule has 102 valence electrons. The Morgan fingerprint density at radius 3 is 2.79 bits per heavy atom. The fraction of sp³-hybridized carbons (Fsp3) is 0.333. The molecule has 2 rings (SSSR count). The quantitative estimate of drug-likeness (QED) is 0.820. The Morgan fingerprint density at radius 2 is 2.11 bits per heavy atom. The molecular formula is C15H17BrFNS. The number of likely N-dealkylation sites (N-methyl/N-ethyl adjacent to an activating group) is 1. The van der Waals surface area contributed by atoms with Crippen LogP contribution in [0.5, 0.6) is 0 Å². The fourth-order valence-corrected chi connectivity index (χ4v) is 3.36. The monoisotopic (exact) mass is 341 g/mol. The van der Waals surface area contributed by atoms with Gasteiger partial charge in [-0.1, -0.05) is 25.1 Å². The molecule has 2 aromatic rings. The summed E-state index contributed by atoms with van der Waals surface area (Å²) in [5, 5.41) is 5.57. The summed E-state index contributed by atoms with van der Waals surface area (Å²) in [7, 11) is 0. The SMILES string of the molecule is CCNC(Cc1cccs1)Cc1cccc(F)c1Br. The minimum atomic E-state index is -0.191. The summed E-state index contributed by atoms with van der Waals surface area (Å²) in [6.07, 6.45) is 1.80. The topological polar surface area (TPSA) is 12.0 Å². The van der Waals surface area contributed by atoms with Crippen molar-refractivity contribution in [2.24, 2.45) is 0 Å². The average molecular weight is 342 g/mol. The largest absolute Gasteiger partial charge is 0.314 e. The van der Waals surface area contributed by atoms with Gasteiger partial charge in [0.15, 0.2) is 0 Å². The van der Waals surface area contributed by atoms with Crippen molar-refractivity contribution in [1.82, 2.24) is 5.32 Å². The lowest BCUT2D eigenvalue weighted by atomic mass is 10.0. The molecule has 1 unspecified atom stereocenters. The van der Waals surface area contributed by atoms with Gasteiger partial charge in [-0.05, 0) is 58.4 Å². The second-order valence-electron chi connectivity index (χ2n) is 4.46. The molecule has 0 radical (unpaired) electrons. The van der Waals surface area contributed by atoms with E-state index in [9.17, 15) is 4.39 Å². The summed E-state index contributed by atoms with van der Waals surface area (Å²) < 4.78 is 14.1. The zero-order chi connectivity index (χ0) is 13.7. The first-order chi connectivity index (χ1) is 9.20. The summed E-state index contributed by atoms with van der Waals surface area (Å²) >= 11 is 5.11. The zero-order valence-electron chi connectivity index (χ0n) is 10.8. The third kappa shape index (κ3) is 4.13. The van der Waals surface area contributed by atoms with Crippen LogP contribution in [0.25, 0.3) is 0 Å². The van der Waals surface area contributed by atoms with E-state index >= 15 is 0 Å². The first-order valence-electron chi connectivity index (χ1n) is 6.39. The van der Waals surface area contributed by atoms with Crippen molar-refractivity contribution in [1.29, 1.82) is 0 Å². The third-order valence-corrected chi connectivity index (χ3v) is 4.81. The second-order valence-corrected chi connectivity index (χ2v) is 6.28. The maximum Gasteiger partial charge on any atom is 0.137 e. The highest BCUT2D eigenvalue weighted by molar-refractivity contribution is 9.10. The van der Waals surface area contributed by atoms with E-state index in [1.54, 1.807) is 17.4 Å². The molecule has 0 saturated heterocycles. The molecule has 1 atom stereocenters. The van der Waals surface area contributed by atoms with Gasteiger partial charge in [-0.2, -0.15) is 0 Å². The van der Waals surface area contributed by atoms with Gasteiger partial charge in [0.05, 0.1) is 4.47 Å². The Bertz CT molecular complexity index is 513. The first-order valence-corrected chi connectivity index (χ1v) is 8.06. The van der Waals surface area contributed by atoms with Crippen molar-refractivity contribution in [3.63, 3.8) is 0 Å². The summed E-state index contributed by atoms with van der Waals surface area (Å²) in [4.78, 5) is 1.36. The first kappa shape index (κ1) is 14.7. The van der Waals surface area contributed by atoms with Crippen LogP contribution in [0.4, 0.5) is 4.39 Å². The molecule has 1 aromatic heterocycles. The average Bonchev–Trinajstić information content (AvgIpc) is 2.88. The highest BCUT2D eigenvalue weighted by Crippen LogP contribution is 2.23. The van der Waals surface area contributed by atoms with Gasteiger partial charge in [-0.3, -0.25) is 0 Å². The smallest absolute Gasteiger partial charge is 0.137 e. The van der Waals surface area contributed by atoms with E-state index in [2.05, 4.69) is 45.7 Å². The van der Waals surface area contributed by atoms with Gasteiger partial charge in [-0.15, -0.1) is 11.3 Å². The van der Waals surface area contributed by atoms with Gasteiger partial charge in [0, 0.05) is 10.9 Å². The van der Waals surface area contributed by atoms with Crippen molar-refractivity contribution in [2.45, 2.75) is 25.8 Å². The van der Waals surface area contributed by atoms with Crippen molar-refractivity contribution in [3.8, 4) is 0 Å². The number of hydrogen-bond acceptors (Lipinski definition) is 2. The molecule has 0 aliphatic rings. The van der Waals surface area contributed by atoms with Crippen LogP contribution < -0.4 is 5.32 Å². The number of rotatable bonds is 6. The Morgan fingerprint density at radius 1 is 1.26 bits per heavy atom. The van der Waals surface area contributed by atoms with Crippen molar-refractivity contribution in [3.05, 3.63) is 56.4 Å². The highest BCUT2D eigenvalue weighted by Gasteiger charge is 2.13. The lowest BCUT2D eigenvalue weighted by Crippen LogP contribution is -2.33. The molecule has 0 aliphatic carbocycles. The third-order valence-electron chi connectivity index (χ3n) is 3.02. The van der Waals surface area contributed by atoms with Gasteiger partial charge >= 0.3 is 0 Å². The number of halogens is 2. The van der Waals surface area contributed by atoms with E-state index in [0.717, 1.165) is 24.9 Å². The van der Waals surface area contributed by atoms with E-state index < -0.39 is 0 Å². The molecule has 0 amide bonds. The number of thiophene rings is 1. The van der Waals surface area contributed by atoms with Crippen LogP contribution >= 0.6 is 27.3 Å². The summed E-state index contributed by atoms with van der Waals surface area (Å²) in [6.45, 7) is 3.02. The minimum Gasteiger partial charge on any atom is -0.314 e. The van der Waals surface area contributed by atoms with E-state index in [-0.39, 0.29) is 5.82 Å². The Balaban J connectivity index is 2.09. The van der Waals surface area contributed by atoms with Gasteiger partial charge in [0.25, 0.3) is 0 Å². The summed E-state index contributed by atoms with van der Waals surface area (Å²) in [6, 6.07) is 9.78. The van der Waals surface area contributed by atoms with Crippen molar-refractivity contribution >= 4 is 27.3 Å². The molecule has 0 aliphatic heterocycles. The van der Waals surface area contributed by atoms with Crippen LogP contribution in [0.2, 0.25) is 0 Å². The van der Waals surface area contributed by atoms with Gasteiger partial charge in [-0.25, -0.2) is 4.39 Å². The Hall–Kier alpha value is -0.710. The number of benzene rings is 1. The molecule has 1 aromatic carbocycles. The number of hydrogen-bond donors (Lipinski definition) is 1. The van der Waals surface area contributed by atoms with Crippen LogP contribution in [0.1, 0.15) is 17.4 Å². The highest BCUT2D eigenvalue weighted by atomic mass is 79.9. The fourth-order valence-electron chi connectivity index (χ4n) is 2.15. The normalized spacial score (nSPS) is 12.6. The van der Waals surface area contributed by atoms with Crippen LogP contribution in [0.3, 0.4) is 0 Å². The molecule has 4 heteroatoms. The molecule has 1 N–H and O–H groups in total. The summed E-state index contributed by atoms with van der Waals surface area (Å²) in [5.41, 5.74) is 1.02. The van der Waals surface area contributed by atoms with Gasteiger partial charge in [0.1, 0.15) is 5.82 Å². The van der Waals surface area contributed by atoms with Gasteiger partial charge in [0.2, 0.25) is 0 Å². The van der Waals surface area contributed by atoms with Crippen LogP contribution in [-0.4, -0.2) is 12.6 Å².